The van der Waals surface area contributed by atoms with E-state index in [2.05, 4.69) is 21.2 Å². The number of carbonyl (C=O) groups is 3. The summed E-state index contributed by atoms with van der Waals surface area (Å²) in [5, 5.41) is 9.40. The average Bonchev–Trinajstić information content (AvgIpc) is 2.87. The molecule has 0 aromatic heterocycles. The Bertz CT molecular complexity index is 1220. The number of nitrogens with zero attached hydrogens (tertiary/aromatic N) is 1. The second-order valence-corrected chi connectivity index (χ2v) is 7.52. The molecule has 0 aliphatic carbocycles. The maximum absolute atomic E-state index is 12.1. The lowest BCUT2D eigenvalue weighted by Crippen LogP contribution is -2.32. The van der Waals surface area contributed by atoms with Gasteiger partial charge in [-0.25, -0.2) is 5.43 Å². The molecule has 180 valence electrons. The molecule has 3 N–H and O–H groups in total. The first kappa shape index (κ1) is 25.3. The number of hydrogen-bond acceptors (Lipinski definition) is 6. The second-order valence-electron chi connectivity index (χ2n) is 7.09. The number of rotatable bonds is 9. The van der Waals surface area contributed by atoms with Crippen LogP contribution in [-0.2, 0) is 20.9 Å². The third-order valence-electron chi connectivity index (χ3n) is 4.59. The monoisotopic (exact) mass is 494 g/mol. The van der Waals surface area contributed by atoms with Crippen molar-refractivity contribution in [2.24, 2.45) is 5.10 Å². The summed E-state index contributed by atoms with van der Waals surface area (Å²) in [6.45, 7) is 0.143. The molecular weight excluding hydrogens is 472 g/mol. The Morgan fingerprint density at radius 3 is 2.46 bits per heavy atom. The molecule has 0 saturated heterocycles. The summed E-state index contributed by atoms with van der Waals surface area (Å²) in [5.41, 5.74) is 3.85. The lowest BCUT2D eigenvalue weighted by atomic mass is 10.2. The van der Waals surface area contributed by atoms with Gasteiger partial charge in [-0.05, 0) is 35.9 Å². The van der Waals surface area contributed by atoms with Crippen molar-refractivity contribution in [3.8, 4) is 11.5 Å². The summed E-state index contributed by atoms with van der Waals surface area (Å²) in [6.07, 6.45) is 1.26. The first-order valence-electron chi connectivity index (χ1n) is 10.5. The molecule has 0 bridgehead atoms. The molecular formula is C25H23ClN4O5. The van der Waals surface area contributed by atoms with Gasteiger partial charge in [0.1, 0.15) is 11.5 Å². The Morgan fingerprint density at radius 1 is 0.943 bits per heavy atom. The fraction of sp³-hybridized carbons (Fsp3) is 0.120. The molecule has 0 aliphatic rings. The Labute approximate surface area is 207 Å². The third-order valence-corrected chi connectivity index (χ3v) is 4.83. The van der Waals surface area contributed by atoms with Crippen molar-refractivity contribution in [1.82, 2.24) is 10.7 Å². The Balaban J connectivity index is 1.55. The molecule has 3 aromatic rings. The Kier molecular flexibility index (Phi) is 9.21. The molecule has 0 fully saturated rings. The minimum atomic E-state index is -0.989. The maximum atomic E-state index is 12.1. The first-order valence-corrected chi connectivity index (χ1v) is 10.8. The minimum absolute atomic E-state index is 0.233. The predicted molar refractivity (Wildman–Crippen MR) is 133 cm³/mol. The Morgan fingerprint density at radius 2 is 1.69 bits per heavy atom. The summed E-state index contributed by atoms with van der Waals surface area (Å²) in [6, 6.07) is 20.9. The van der Waals surface area contributed by atoms with E-state index in [9.17, 15) is 14.4 Å². The van der Waals surface area contributed by atoms with Gasteiger partial charge in [0.05, 0.1) is 19.0 Å². The topological polar surface area (TPSA) is 118 Å². The van der Waals surface area contributed by atoms with Gasteiger partial charge < -0.3 is 20.1 Å². The molecule has 10 heteroatoms. The molecule has 3 aromatic carbocycles. The van der Waals surface area contributed by atoms with Crippen LogP contribution in [0.5, 0.6) is 11.5 Å². The number of nitrogens with one attached hydrogen (secondary N) is 3. The largest absolute Gasteiger partial charge is 0.495 e. The minimum Gasteiger partial charge on any atom is -0.495 e. The van der Waals surface area contributed by atoms with Crippen LogP contribution < -0.4 is 25.5 Å². The number of hydrazone groups is 1. The van der Waals surface area contributed by atoms with E-state index in [4.69, 9.17) is 21.1 Å². The highest BCUT2D eigenvalue weighted by Gasteiger charge is 2.15. The van der Waals surface area contributed by atoms with Gasteiger partial charge in [-0.1, -0.05) is 54.1 Å². The standard InChI is InChI=1S/C25H23ClN4O5/c1-34-22-10-6-5-9-20(22)29-24(32)25(33)30-28-15-18-13-19(26)11-12-21(18)35-16-23(31)27-14-17-7-3-2-4-8-17/h2-13,15H,14,16H2,1H3,(H,27,31)(H,29,32)(H,30,33)/b28-15-. The number of methoxy groups -OCH3 is 1. The number of para-hydroxylation sites is 2. The van der Waals surface area contributed by atoms with Gasteiger partial charge in [0.2, 0.25) is 0 Å². The van der Waals surface area contributed by atoms with Crippen molar-refractivity contribution in [1.29, 1.82) is 0 Å². The molecule has 0 heterocycles. The number of carbonyl (C=O) groups excluding carboxylic acids is 3. The number of ether oxygens (including phenoxy) is 2. The van der Waals surface area contributed by atoms with E-state index in [1.165, 1.54) is 13.3 Å². The SMILES string of the molecule is COc1ccccc1NC(=O)C(=O)N/N=C\c1cc(Cl)ccc1OCC(=O)NCc1ccccc1. The highest BCUT2D eigenvalue weighted by molar-refractivity contribution is 6.39. The quantitative estimate of drug-likeness (QED) is 0.240. The van der Waals surface area contributed by atoms with Gasteiger partial charge in [-0.2, -0.15) is 5.10 Å². The fourth-order valence-electron chi connectivity index (χ4n) is 2.88. The second kappa shape index (κ2) is 12.8. The third kappa shape index (κ3) is 7.86. The first-order chi connectivity index (χ1) is 17.0. The summed E-state index contributed by atoms with van der Waals surface area (Å²) < 4.78 is 10.7. The zero-order chi connectivity index (χ0) is 25.0. The van der Waals surface area contributed by atoms with Crippen LogP contribution in [0.1, 0.15) is 11.1 Å². The van der Waals surface area contributed by atoms with E-state index in [1.54, 1.807) is 42.5 Å². The molecule has 3 rings (SSSR count). The van der Waals surface area contributed by atoms with Crippen LogP contribution in [0.15, 0.2) is 77.9 Å². The van der Waals surface area contributed by atoms with E-state index in [0.29, 0.717) is 34.3 Å². The number of benzene rings is 3. The molecule has 0 atom stereocenters. The van der Waals surface area contributed by atoms with Crippen molar-refractivity contribution in [3.05, 3.63) is 88.9 Å². The number of halogens is 1. The molecule has 9 nitrogen and oxygen atoms in total. The molecule has 0 unspecified atom stereocenters. The van der Waals surface area contributed by atoms with Gasteiger partial charge in [0.15, 0.2) is 6.61 Å². The van der Waals surface area contributed by atoms with Crippen molar-refractivity contribution in [3.63, 3.8) is 0 Å². The van der Waals surface area contributed by atoms with Gasteiger partial charge >= 0.3 is 11.8 Å². The maximum Gasteiger partial charge on any atom is 0.329 e. The smallest absolute Gasteiger partial charge is 0.329 e. The summed E-state index contributed by atoms with van der Waals surface area (Å²) in [7, 11) is 1.45. The zero-order valence-corrected chi connectivity index (χ0v) is 19.5. The van der Waals surface area contributed by atoms with Gasteiger partial charge in [-0.15, -0.1) is 0 Å². The highest BCUT2D eigenvalue weighted by Crippen LogP contribution is 2.23. The van der Waals surface area contributed by atoms with Crippen LogP contribution in [-0.4, -0.2) is 37.7 Å². The van der Waals surface area contributed by atoms with E-state index >= 15 is 0 Å². The lowest BCUT2D eigenvalue weighted by Gasteiger charge is -2.10. The number of anilines is 1. The van der Waals surface area contributed by atoms with Gasteiger partial charge in [0, 0.05) is 17.1 Å². The molecule has 35 heavy (non-hydrogen) atoms. The van der Waals surface area contributed by atoms with E-state index in [0.717, 1.165) is 5.56 Å². The normalized spacial score (nSPS) is 10.5. The summed E-state index contributed by atoms with van der Waals surface area (Å²) in [4.78, 5) is 36.4. The molecule has 0 saturated carbocycles. The van der Waals surface area contributed by atoms with Crippen LogP contribution in [0.25, 0.3) is 0 Å². The fourth-order valence-corrected chi connectivity index (χ4v) is 3.06. The molecule has 0 spiro atoms. The van der Waals surface area contributed by atoms with Crippen molar-refractivity contribution in [2.75, 3.05) is 19.0 Å². The van der Waals surface area contributed by atoms with E-state index in [1.807, 2.05) is 30.3 Å². The molecule has 3 amide bonds. The van der Waals surface area contributed by atoms with E-state index in [-0.39, 0.29) is 12.5 Å². The van der Waals surface area contributed by atoms with E-state index < -0.39 is 11.8 Å². The number of hydrogen-bond donors (Lipinski definition) is 3. The zero-order valence-electron chi connectivity index (χ0n) is 18.8. The van der Waals surface area contributed by atoms with Crippen LogP contribution in [0.2, 0.25) is 5.02 Å². The Hall–Kier alpha value is -4.37. The summed E-state index contributed by atoms with van der Waals surface area (Å²) in [5.74, 6) is -1.50. The van der Waals surface area contributed by atoms with Crippen LogP contribution >= 0.6 is 11.6 Å². The van der Waals surface area contributed by atoms with Crippen molar-refractivity contribution < 1.29 is 23.9 Å². The van der Waals surface area contributed by atoms with Crippen LogP contribution in [0.4, 0.5) is 5.69 Å². The van der Waals surface area contributed by atoms with Crippen molar-refractivity contribution >= 4 is 41.2 Å². The van der Waals surface area contributed by atoms with Gasteiger partial charge in [-0.3, -0.25) is 14.4 Å². The molecule has 0 aliphatic heterocycles. The predicted octanol–water partition coefficient (Wildman–Crippen LogP) is 3.13. The highest BCUT2D eigenvalue weighted by atomic mass is 35.5. The lowest BCUT2D eigenvalue weighted by molar-refractivity contribution is -0.136. The van der Waals surface area contributed by atoms with Gasteiger partial charge in [0.25, 0.3) is 5.91 Å². The molecule has 0 radical (unpaired) electrons. The van der Waals surface area contributed by atoms with Crippen molar-refractivity contribution in [2.45, 2.75) is 6.54 Å². The average molecular weight is 495 g/mol. The summed E-state index contributed by atoms with van der Waals surface area (Å²) >= 11 is 6.05. The van der Waals surface area contributed by atoms with Crippen LogP contribution in [0, 0.1) is 0 Å². The number of amides is 3. The van der Waals surface area contributed by atoms with Crippen LogP contribution in [0.3, 0.4) is 0 Å².